The summed E-state index contributed by atoms with van der Waals surface area (Å²) in [4.78, 5) is 39.8. The van der Waals surface area contributed by atoms with Gasteiger partial charge in [0.2, 0.25) is 0 Å². The van der Waals surface area contributed by atoms with Crippen LogP contribution in [0.25, 0.3) is 0 Å². The zero-order valence-electron chi connectivity index (χ0n) is 18.4. The number of Topliss-reactive ketones (excluding diaryl/α,β-unsaturated/α-hetero) is 1. The number of ether oxygens (including phenoxy) is 1. The minimum Gasteiger partial charge on any atom is -0.508 e. The lowest BCUT2D eigenvalue weighted by Gasteiger charge is -2.27. The summed E-state index contributed by atoms with van der Waals surface area (Å²) in [5.41, 5.74) is 1.16. The van der Waals surface area contributed by atoms with Gasteiger partial charge in [-0.05, 0) is 48.2 Å². The van der Waals surface area contributed by atoms with E-state index in [0.717, 1.165) is 0 Å². The Morgan fingerprint density at radius 3 is 2.41 bits per heavy atom. The Labute approximate surface area is 186 Å². The maximum absolute atomic E-state index is 13.1. The maximum Gasteiger partial charge on any atom is 0.338 e. The number of aliphatic hydroxyl groups excluding tert-OH is 1. The van der Waals surface area contributed by atoms with Crippen molar-refractivity contribution in [3.63, 3.8) is 0 Å². The average molecular weight is 437 g/mol. The molecule has 1 unspecified atom stereocenters. The number of aromatic hydroxyl groups is 1. The first-order valence-corrected chi connectivity index (χ1v) is 10.6. The van der Waals surface area contributed by atoms with Crippen LogP contribution < -0.4 is 4.90 Å². The second-order valence-electron chi connectivity index (χ2n) is 8.14. The Bertz CT molecular complexity index is 1050. The van der Waals surface area contributed by atoms with Crippen molar-refractivity contribution < 1.29 is 29.3 Å². The predicted molar refractivity (Wildman–Crippen MR) is 119 cm³/mol. The van der Waals surface area contributed by atoms with Crippen LogP contribution >= 0.6 is 0 Å². The van der Waals surface area contributed by atoms with E-state index in [1.807, 2.05) is 20.8 Å². The first-order chi connectivity index (χ1) is 15.2. The van der Waals surface area contributed by atoms with Gasteiger partial charge in [0.05, 0.1) is 23.8 Å². The normalized spacial score (nSPS) is 16.1. The number of amides is 1. The topological polar surface area (TPSA) is 104 Å². The summed E-state index contributed by atoms with van der Waals surface area (Å²) in [5.74, 6) is -2.11. The van der Waals surface area contributed by atoms with E-state index in [4.69, 9.17) is 4.74 Å². The maximum atomic E-state index is 13.1. The molecule has 2 aromatic carbocycles. The van der Waals surface area contributed by atoms with Gasteiger partial charge in [0.15, 0.2) is 11.5 Å². The summed E-state index contributed by atoms with van der Waals surface area (Å²) in [6.45, 7) is 5.92. The van der Waals surface area contributed by atoms with Gasteiger partial charge in [-0.15, -0.1) is 0 Å². The fraction of sp³-hybridized carbons (Fsp3) is 0.320. The average Bonchev–Trinajstić information content (AvgIpc) is 3.03. The Balaban J connectivity index is 2.08. The molecule has 2 N–H and O–H groups in total. The van der Waals surface area contributed by atoms with E-state index in [1.54, 1.807) is 30.3 Å². The van der Waals surface area contributed by atoms with Crippen LogP contribution in [0, 0.1) is 5.92 Å². The van der Waals surface area contributed by atoms with E-state index in [0.29, 0.717) is 17.7 Å². The third kappa shape index (κ3) is 4.66. The van der Waals surface area contributed by atoms with Crippen molar-refractivity contribution >= 4 is 23.3 Å². The molecule has 1 amide bonds. The largest absolute Gasteiger partial charge is 0.508 e. The second kappa shape index (κ2) is 9.68. The highest BCUT2D eigenvalue weighted by molar-refractivity contribution is 6.16. The van der Waals surface area contributed by atoms with Crippen LogP contribution in [0.15, 0.2) is 59.9 Å². The number of esters is 1. The molecule has 1 atom stereocenters. The van der Waals surface area contributed by atoms with Gasteiger partial charge in [-0.25, -0.2) is 4.79 Å². The lowest BCUT2D eigenvalue weighted by atomic mass is 9.92. The Morgan fingerprint density at radius 2 is 1.78 bits per heavy atom. The van der Waals surface area contributed by atoms with Gasteiger partial charge in [-0.1, -0.05) is 39.0 Å². The van der Waals surface area contributed by atoms with Crippen molar-refractivity contribution in [2.45, 2.75) is 39.7 Å². The minimum atomic E-state index is -0.892. The quantitative estimate of drug-likeness (QED) is 0.591. The number of phenols is 1. The van der Waals surface area contributed by atoms with Crippen molar-refractivity contribution in [2.24, 2.45) is 5.92 Å². The molecular weight excluding hydrogens is 410 g/mol. The van der Waals surface area contributed by atoms with Gasteiger partial charge < -0.3 is 14.9 Å². The number of rotatable bonds is 8. The van der Waals surface area contributed by atoms with Crippen LogP contribution in [0.2, 0.25) is 0 Å². The number of hydrogen-bond donors (Lipinski definition) is 2. The Hall–Kier alpha value is -3.61. The van der Waals surface area contributed by atoms with Crippen LogP contribution in [0.1, 0.15) is 55.6 Å². The minimum absolute atomic E-state index is 0.00773. The van der Waals surface area contributed by atoms with Gasteiger partial charge in [0, 0.05) is 12.1 Å². The summed E-state index contributed by atoms with van der Waals surface area (Å²) >= 11 is 0. The van der Waals surface area contributed by atoms with E-state index in [9.17, 15) is 24.6 Å². The highest BCUT2D eigenvalue weighted by atomic mass is 16.5. The number of carbonyl (C=O) groups excluding carboxylic acids is 3. The molecule has 168 valence electrons. The molecule has 7 heteroatoms. The van der Waals surface area contributed by atoms with Crippen molar-refractivity contribution in [2.75, 3.05) is 11.5 Å². The number of hydrogen-bond acceptors (Lipinski definition) is 6. The number of ketones is 1. The fourth-order valence-corrected chi connectivity index (χ4v) is 3.67. The molecule has 0 saturated heterocycles. The van der Waals surface area contributed by atoms with Gasteiger partial charge in [-0.3, -0.25) is 14.5 Å². The van der Waals surface area contributed by atoms with Gasteiger partial charge in [0.1, 0.15) is 5.75 Å². The number of carbonyl (C=O) groups is 3. The number of nitrogens with zero attached hydrogens (tertiary/aromatic N) is 1. The lowest BCUT2D eigenvalue weighted by Crippen LogP contribution is -2.31. The van der Waals surface area contributed by atoms with E-state index >= 15 is 0 Å². The fourth-order valence-electron chi connectivity index (χ4n) is 3.67. The molecule has 0 bridgehead atoms. The molecule has 1 aliphatic heterocycles. The molecule has 0 saturated carbocycles. The molecule has 3 rings (SSSR count). The van der Waals surface area contributed by atoms with E-state index in [-0.39, 0.29) is 41.6 Å². The van der Waals surface area contributed by atoms with Crippen molar-refractivity contribution in [1.82, 2.24) is 0 Å². The summed E-state index contributed by atoms with van der Waals surface area (Å²) in [7, 11) is 0. The molecule has 0 radical (unpaired) electrons. The first-order valence-electron chi connectivity index (χ1n) is 10.6. The molecule has 1 heterocycles. The molecule has 0 aromatic heterocycles. The Morgan fingerprint density at radius 1 is 1.09 bits per heavy atom. The lowest BCUT2D eigenvalue weighted by molar-refractivity contribution is -0.118. The summed E-state index contributed by atoms with van der Waals surface area (Å²) < 4.78 is 5.19. The summed E-state index contributed by atoms with van der Waals surface area (Å²) in [5, 5.41) is 20.4. The van der Waals surface area contributed by atoms with Crippen molar-refractivity contribution in [3.05, 3.63) is 71.0 Å². The molecule has 0 spiro atoms. The smallest absolute Gasteiger partial charge is 0.338 e. The molecule has 0 aliphatic carbocycles. The van der Waals surface area contributed by atoms with E-state index < -0.39 is 23.7 Å². The van der Waals surface area contributed by atoms with Crippen LogP contribution in [0.4, 0.5) is 5.69 Å². The van der Waals surface area contributed by atoms with E-state index in [1.165, 1.54) is 23.1 Å². The second-order valence-corrected chi connectivity index (χ2v) is 8.14. The SMILES string of the molecule is CCCOC(=O)c1cccc(N2C(=O)C(O)=C(C(=O)CC(C)C)C2c2ccc(O)cc2)c1. The number of aliphatic hydroxyl groups is 1. The van der Waals surface area contributed by atoms with Crippen LogP contribution in [0.5, 0.6) is 5.75 Å². The number of benzene rings is 2. The van der Waals surface area contributed by atoms with E-state index in [2.05, 4.69) is 0 Å². The molecule has 7 nitrogen and oxygen atoms in total. The van der Waals surface area contributed by atoms with Gasteiger partial charge in [0.25, 0.3) is 5.91 Å². The van der Waals surface area contributed by atoms with Crippen molar-refractivity contribution in [1.29, 1.82) is 0 Å². The van der Waals surface area contributed by atoms with Gasteiger partial charge >= 0.3 is 5.97 Å². The summed E-state index contributed by atoms with van der Waals surface area (Å²) in [6.07, 6.45) is 0.844. The number of anilines is 1. The highest BCUT2D eigenvalue weighted by Crippen LogP contribution is 2.42. The van der Waals surface area contributed by atoms with Crippen LogP contribution in [0.3, 0.4) is 0 Å². The van der Waals surface area contributed by atoms with Crippen LogP contribution in [-0.2, 0) is 14.3 Å². The standard InChI is InChI=1S/C25H27NO6/c1-4-12-32-25(31)17-6-5-7-18(14-17)26-22(16-8-10-19(27)11-9-16)21(23(29)24(26)30)20(28)13-15(2)3/h5-11,14-15,22,27,29H,4,12-13H2,1-3H3. The predicted octanol–water partition coefficient (Wildman–Crippen LogP) is 4.47. The summed E-state index contributed by atoms with van der Waals surface area (Å²) in [6, 6.07) is 11.5. The molecule has 1 aliphatic rings. The molecule has 2 aromatic rings. The number of phenolic OH excluding ortho intramolecular Hbond substituents is 1. The van der Waals surface area contributed by atoms with Crippen LogP contribution in [-0.4, -0.2) is 34.5 Å². The zero-order valence-corrected chi connectivity index (χ0v) is 18.4. The molecule has 32 heavy (non-hydrogen) atoms. The highest BCUT2D eigenvalue weighted by Gasteiger charge is 2.44. The third-order valence-electron chi connectivity index (χ3n) is 5.11. The van der Waals surface area contributed by atoms with Crippen molar-refractivity contribution in [3.8, 4) is 5.75 Å². The Kier molecular flexibility index (Phi) is 6.98. The zero-order chi connectivity index (χ0) is 23.4. The molecular formula is C25H27NO6. The molecule has 0 fully saturated rings. The monoisotopic (exact) mass is 437 g/mol. The first kappa shape index (κ1) is 23.1. The van der Waals surface area contributed by atoms with Gasteiger partial charge in [-0.2, -0.15) is 0 Å². The third-order valence-corrected chi connectivity index (χ3v) is 5.11.